The number of rotatable bonds is 0. The van der Waals surface area contributed by atoms with Crippen LogP contribution in [0, 0.1) is 0 Å². The Morgan fingerprint density at radius 2 is 1.33 bits per heavy atom. The highest BCUT2D eigenvalue weighted by atomic mass is 35.7. The number of hydrogen-bond acceptors (Lipinski definition) is 0. The molecular formula is C8H11Cl3Si. The van der Waals surface area contributed by atoms with Gasteiger partial charge in [0.05, 0.1) is 0 Å². The van der Waals surface area contributed by atoms with Gasteiger partial charge in [0.1, 0.15) is 0 Å². The van der Waals surface area contributed by atoms with Gasteiger partial charge in [0.25, 0.3) is 0 Å². The molecule has 0 aliphatic heterocycles. The van der Waals surface area contributed by atoms with Gasteiger partial charge in [0, 0.05) is 5.02 Å². The zero-order chi connectivity index (χ0) is 9.61. The lowest BCUT2D eigenvalue weighted by Crippen LogP contribution is -2.02. The lowest BCUT2D eigenvalue weighted by Gasteiger charge is -1.93. The van der Waals surface area contributed by atoms with Gasteiger partial charge >= 0.3 is 0 Å². The summed E-state index contributed by atoms with van der Waals surface area (Å²) in [6.45, 7) is 2.05. The minimum Gasteiger partial charge on any atom is -0.146 e. The van der Waals surface area contributed by atoms with Crippen LogP contribution >= 0.6 is 33.8 Å². The van der Waals surface area contributed by atoms with E-state index < -0.39 is 6.69 Å². The molecule has 0 heterocycles. The molecule has 0 atom stereocenters. The molecule has 0 aliphatic carbocycles. The maximum absolute atomic E-state index is 5.54. The molecule has 0 unspecified atom stereocenters. The summed E-state index contributed by atoms with van der Waals surface area (Å²) >= 11 is 16.4. The molecule has 1 aromatic rings. The van der Waals surface area contributed by atoms with E-state index in [1.54, 1.807) is 0 Å². The van der Waals surface area contributed by atoms with Crippen molar-refractivity contribution in [2.24, 2.45) is 0 Å². The third-order valence-corrected chi connectivity index (χ3v) is 0.985. The normalized spacial score (nSPS) is 10.1. The van der Waals surface area contributed by atoms with E-state index in [-0.39, 0.29) is 0 Å². The van der Waals surface area contributed by atoms with Gasteiger partial charge in [-0.3, -0.25) is 0 Å². The molecular weight excluding hydrogens is 231 g/mol. The Labute approximate surface area is 88.9 Å². The molecule has 0 saturated carbocycles. The van der Waals surface area contributed by atoms with Crippen LogP contribution in [0.2, 0.25) is 18.1 Å². The molecule has 0 aliphatic rings. The van der Waals surface area contributed by atoms with E-state index in [4.69, 9.17) is 33.8 Å². The fourth-order valence-corrected chi connectivity index (χ4v) is 0.560. The van der Waals surface area contributed by atoms with Gasteiger partial charge in [0.2, 0.25) is 6.69 Å². The second-order valence-corrected chi connectivity index (χ2v) is 12.0. The van der Waals surface area contributed by atoms with Crippen LogP contribution in [0.4, 0.5) is 0 Å². The number of benzene rings is 1. The first kappa shape index (κ1) is 12.3. The van der Waals surface area contributed by atoms with Crippen molar-refractivity contribution in [1.82, 2.24) is 0 Å². The van der Waals surface area contributed by atoms with Crippen LogP contribution in [0.25, 0.3) is 0 Å². The summed E-state index contributed by atoms with van der Waals surface area (Å²) in [6.07, 6.45) is 0. The van der Waals surface area contributed by atoms with Crippen molar-refractivity contribution in [3.63, 3.8) is 0 Å². The zero-order valence-electron chi connectivity index (χ0n) is 7.02. The molecule has 0 spiro atoms. The van der Waals surface area contributed by atoms with Crippen molar-refractivity contribution < 1.29 is 0 Å². The van der Waals surface area contributed by atoms with Crippen molar-refractivity contribution in [3.8, 4) is 0 Å². The Morgan fingerprint density at radius 1 is 1.00 bits per heavy atom. The predicted octanol–water partition coefficient (Wildman–Crippen LogP) is 4.51. The highest BCUT2D eigenvalue weighted by Crippen LogP contribution is 2.10. The lowest BCUT2D eigenvalue weighted by atomic mass is 10.4. The molecule has 1 aromatic carbocycles. The first-order valence-electron chi connectivity index (χ1n) is 3.48. The second kappa shape index (κ2) is 5.87. The molecule has 0 amide bonds. The van der Waals surface area contributed by atoms with Crippen LogP contribution < -0.4 is 0 Å². The summed E-state index contributed by atoms with van der Waals surface area (Å²) in [5.41, 5.74) is 0. The Balaban J connectivity index is 0.000000217. The average Bonchev–Trinajstić information content (AvgIpc) is 1.85. The summed E-state index contributed by atoms with van der Waals surface area (Å²) in [5.74, 6) is 0. The maximum atomic E-state index is 5.54. The van der Waals surface area contributed by atoms with Crippen LogP contribution in [0.15, 0.2) is 30.3 Å². The van der Waals surface area contributed by atoms with Crippen LogP contribution in [0.3, 0.4) is 0 Å². The molecule has 0 fully saturated rings. The van der Waals surface area contributed by atoms with E-state index in [0.717, 1.165) is 5.02 Å². The molecule has 0 saturated heterocycles. The van der Waals surface area contributed by atoms with Gasteiger partial charge < -0.3 is 0 Å². The van der Waals surface area contributed by atoms with Crippen LogP contribution in [-0.4, -0.2) is 6.69 Å². The first-order chi connectivity index (χ1) is 5.39. The largest absolute Gasteiger partial charge is 0.245 e. The number of halogens is 3. The van der Waals surface area contributed by atoms with E-state index in [9.17, 15) is 0 Å². The SMILES string of the molecule is C[Si](C)(Cl)Cl.Clc1ccccc1. The molecule has 0 bridgehead atoms. The summed E-state index contributed by atoms with van der Waals surface area (Å²) in [7, 11) is 0. The quantitative estimate of drug-likeness (QED) is 0.463. The molecule has 1 rings (SSSR count). The van der Waals surface area contributed by atoms with Crippen LogP contribution in [0.1, 0.15) is 0 Å². The highest BCUT2D eigenvalue weighted by molar-refractivity contribution is 7.44. The Bertz CT molecular complexity index is 199. The molecule has 68 valence electrons. The minimum atomic E-state index is -1.67. The van der Waals surface area contributed by atoms with Crippen molar-refractivity contribution in [1.29, 1.82) is 0 Å². The second-order valence-electron chi connectivity index (χ2n) is 2.62. The monoisotopic (exact) mass is 240 g/mol. The third-order valence-electron chi connectivity index (χ3n) is 0.733. The van der Waals surface area contributed by atoms with E-state index in [0.29, 0.717) is 0 Å². The standard InChI is InChI=1S/C6H5Cl.C2H6Cl2Si/c7-6-4-2-1-3-5-6;1-5(2,3)4/h1-5H;1-2H3. The van der Waals surface area contributed by atoms with Gasteiger partial charge in [-0.15, -0.1) is 22.2 Å². The zero-order valence-corrected chi connectivity index (χ0v) is 10.3. The molecule has 0 nitrogen and oxygen atoms in total. The highest BCUT2D eigenvalue weighted by Gasteiger charge is 2.08. The van der Waals surface area contributed by atoms with Crippen LogP contribution in [0.5, 0.6) is 0 Å². The van der Waals surface area contributed by atoms with Gasteiger partial charge in [-0.2, -0.15) is 0 Å². The van der Waals surface area contributed by atoms with Crippen molar-refractivity contribution in [3.05, 3.63) is 35.4 Å². The fraction of sp³-hybridized carbons (Fsp3) is 0.250. The summed E-state index contributed by atoms with van der Waals surface area (Å²) in [4.78, 5) is 0. The maximum Gasteiger partial charge on any atom is 0.245 e. The molecule has 0 aromatic heterocycles. The summed E-state index contributed by atoms with van der Waals surface area (Å²) in [5, 5.41) is 0.794. The minimum absolute atomic E-state index is 0.794. The average molecular weight is 242 g/mol. The van der Waals surface area contributed by atoms with Gasteiger partial charge in [-0.25, -0.2) is 0 Å². The summed E-state index contributed by atoms with van der Waals surface area (Å²) in [6, 6.07) is 9.44. The Hall–Kier alpha value is 0.307. The van der Waals surface area contributed by atoms with Crippen molar-refractivity contribution in [2.45, 2.75) is 13.1 Å². The molecule has 0 N–H and O–H groups in total. The molecule has 12 heavy (non-hydrogen) atoms. The first-order valence-corrected chi connectivity index (χ1v) is 8.88. The number of hydrogen-bond donors (Lipinski definition) is 0. The van der Waals surface area contributed by atoms with E-state index in [1.807, 2.05) is 43.4 Å². The fourth-order valence-electron chi connectivity index (χ4n) is 0.415. The molecule has 0 radical (unpaired) electrons. The van der Waals surface area contributed by atoms with Gasteiger partial charge in [-0.1, -0.05) is 29.8 Å². The van der Waals surface area contributed by atoms with Crippen molar-refractivity contribution >= 4 is 40.5 Å². The third kappa shape index (κ3) is 12.9. The van der Waals surface area contributed by atoms with E-state index in [1.165, 1.54) is 0 Å². The smallest absolute Gasteiger partial charge is 0.146 e. The van der Waals surface area contributed by atoms with E-state index in [2.05, 4.69) is 0 Å². The van der Waals surface area contributed by atoms with Gasteiger partial charge in [-0.05, 0) is 25.2 Å². The predicted molar refractivity (Wildman–Crippen MR) is 60.6 cm³/mol. The summed E-state index contributed by atoms with van der Waals surface area (Å²) < 4.78 is 0. The lowest BCUT2D eigenvalue weighted by molar-refractivity contribution is 1.71. The van der Waals surface area contributed by atoms with Crippen molar-refractivity contribution in [2.75, 3.05) is 0 Å². The molecule has 4 heteroatoms. The van der Waals surface area contributed by atoms with Crippen LogP contribution in [-0.2, 0) is 0 Å². The van der Waals surface area contributed by atoms with E-state index >= 15 is 0 Å². The Morgan fingerprint density at radius 3 is 1.50 bits per heavy atom. The van der Waals surface area contributed by atoms with Gasteiger partial charge in [0.15, 0.2) is 0 Å². The Kier molecular flexibility index (Phi) is 6.02. The topological polar surface area (TPSA) is 0 Å².